The van der Waals surface area contributed by atoms with E-state index >= 15 is 0 Å². The molecule has 1 saturated carbocycles. The van der Waals surface area contributed by atoms with Crippen molar-refractivity contribution in [3.05, 3.63) is 35.4 Å². The van der Waals surface area contributed by atoms with Gasteiger partial charge in [0.25, 0.3) is 0 Å². The summed E-state index contributed by atoms with van der Waals surface area (Å²) in [4.78, 5) is 18.3. The van der Waals surface area contributed by atoms with E-state index in [4.69, 9.17) is 9.47 Å². The van der Waals surface area contributed by atoms with Crippen LogP contribution in [0.5, 0.6) is 5.75 Å². The summed E-state index contributed by atoms with van der Waals surface area (Å²) < 4.78 is 11.0. The Kier molecular flexibility index (Phi) is 3.49. The summed E-state index contributed by atoms with van der Waals surface area (Å²) >= 11 is 0. The minimum atomic E-state index is -0.244. The summed E-state index contributed by atoms with van der Waals surface area (Å²) in [6, 6.07) is 6.38. The Morgan fingerprint density at radius 1 is 1.30 bits per heavy atom. The standard InChI is InChI=1S/C22H28N2O3/c1-5-14-13-24-11-10-21-17-12-15(26-3)6-7-18(17)23(2)22(21,24)9-8-16(14)19(21)20(25)27-4/h5-7,12,16,19H,8-11,13H2,1-4H3/b14-5-/t16-,19+,21-,22-/m0/s1. The number of benzene rings is 1. The molecule has 1 aromatic rings. The molecule has 4 aliphatic heterocycles. The number of likely N-dealkylation sites (N-methyl/N-ethyl adjacent to an activating group) is 1. The Morgan fingerprint density at radius 3 is 2.81 bits per heavy atom. The van der Waals surface area contributed by atoms with E-state index in [1.165, 1.54) is 23.9 Å². The number of anilines is 1. The molecular weight excluding hydrogens is 340 g/mol. The summed E-state index contributed by atoms with van der Waals surface area (Å²) in [7, 11) is 5.46. The molecule has 1 aromatic carbocycles. The van der Waals surface area contributed by atoms with Crippen molar-refractivity contribution in [2.45, 2.75) is 37.3 Å². The number of hydrogen-bond acceptors (Lipinski definition) is 5. The third-order valence-electron chi connectivity index (χ3n) is 8.03. The predicted octanol–water partition coefficient (Wildman–Crippen LogP) is 2.94. The molecule has 4 heterocycles. The maximum absolute atomic E-state index is 13.2. The second kappa shape index (κ2) is 5.51. The normalized spacial score (nSPS) is 39.9. The number of fused-ring (bicyclic) bond motifs is 3. The molecule has 5 aliphatic rings. The summed E-state index contributed by atoms with van der Waals surface area (Å²) in [5.74, 6) is 0.912. The molecule has 1 unspecified atom stereocenters. The van der Waals surface area contributed by atoms with Crippen molar-refractivity contribution in [1.29, 1.82) is 0 Å². The van der Waals surface area contributed by atoms with Gasteiger partial charge in [-0.3, -0.25) is 9.69 Å². The zero-order chi connectivity index (χ0) is 19.0. The summed E-state index contributed by atoms with van der Waals surface area (Å²) in [6.45, 7) is 4.08. The lowest BCUT2D eigenvalue weighted by Crippen LogP contribution is -2.66. The van der Waals surface area contributed by atoms with Crippen molar-refractivity contribution >= 4 is 11.7 Å². The third-order valence-corrected chi connectivity index (χ3v) is 8.03. The largest absolute Gasteiger partial charge is 0.497 e. The molecular formula is C22H28N2O3. The van der Waals surface area contributed by atoms with Crippen LogP contribution in [0.3, 0.4) is 0 Å². The Hall–Kier alpha value is -2.01. The van der Waals surface area contributed by atoms with Crippen LogP contribution in [0, 0.1) is 11.8 Å². The zero-order valence-electron chi connectivity index (χ0n) is 16.6. The highest BCUT2D eigenvalue weighted by molar-refractivity contribution is 5.82. The maximum Gasteiger partial charge on any atom is 0.310 e. The van der Waals surface area contributed by atoms with E-state index in [-0.39, 0.29) is 28.9 Å². The van der Waals surface area contributed by atoms with Gasteiger partial charge in [-0.05, 0) is 55.9 Å². The number of ether oxygens (including phenoxy) is 2. The lowest BCUT2D eigenvalue weighted by atomic mass is 9.54. The molecule has 0 radical (unpaired) electrons. The molecule has 5 atom stereocenters. The molecule has 5 heteroatoms. The van der Waals surface area contributed by atoms with Crippen LogP contribution in [0.15, 0.2) is 29.8 Å². The Bertz CT molecular complexity index is 850. The van der Waals surface area contributed by atoms with Crippen LogP contribution in [-0.2, 0) is 14.9 Å². The van der Waals surface area contributed by atoms with Crippen molar-refractivity contribution < 1.29 is 14.3 Å². The van der Waals surface area contributed by atoms with Crippen molar-refractivity contribution in [2.24, 2.45) is 11.8 Å². The molecule has 0 amide bonds. The maximum atomic E-state index is 13.2. The number of methoxy groups -OCH3 is 2. The number of esters is 1. The highest BCUT2D eigenvalue weighted by atomic mass is 16.5. The first kappa shape index (κ1) is 17.1. The van der Waals surface area contributed by atoms with Gasteiger partial charge >= 0.3 is 5.97 Å². The van der Waals surface area contributed by atoms with Gasteiger partial charge < -0.3 is 14.4 Å². The molecule has 1 aliphatic carbocycles. The van der Waals surface area contributed by atoms with Gasteiger partial charge in [0.2, 0.25) is 0 Å². The topological polar surface area (TPSA) is 42.0 Å². The van der Waals surface area contributed by atoms with Crippen molar-refractivity contribution in [3.63, 3.8) is 0 Å². The molecule has 144 valence electrons. The zero-order valence-corrected chi connectivity index (χ0v) is 16.6. The summed E-state index contributed by atoms with van der Waals surface area (Å²) in [6.07, 6.45) is 5.34. The van der Waals surface area contributed by atoms with Gasteiger partial charge in [-0.2, -0.15) is 0 Å². The second-order valence-corrected chi connectivity index (χ2v) is 8.41. The van der Waals surface area contributed by atoms with Crippen molar-refractivity contribution in [2.75, 3.05) is 39.3 Å². The second-order valence-electron chi connectivity index (χ2n) is 8.41. The van der Waals surface area contributed by atoms with Crippen molar-refractivity contribution in [1.82, 2.24) is 4.90 Å². The molecule has 0 N–H and O–H groups in total. The van der Waals surface area contributed by atoms with Crippen molar-refractivity contribution in [3.8, 4) is 5.75 Å². The number of carbonyl (C=O) groups excluding carboxylic acids is 1. The summed E-state index contributed by atoms with van der Waals surface area (Å²) in [5, 5.41) is 0. The van der Waals surface area contributed by atoms with Crippen LogP contribution >= 0.6 is 0 Å². The number of hydrogen-bond donors (Lipinski definition) is 0. The van der Waals surface area contributed by atoms with Gasteiger partial charge in [-0.25, -0.2) is 0 Å². The van der Waals surface area contributed by atoms with Crippen LogP contribution < -0.4 is 9.64 Å². The SMILES string of the molecule is C/C=C1/CN2CC[C@@]34c5cc(OC)ccc5N(C)[C@@]23CC[C@@H]1[C@@H]4C(=O)OC. The molecule has 6 rings (SSSR count). The monoisotopic (exact) mass is 368 g/mol. The van der Waals surface area contributed by atoms with Gasteiger partial charge in [0, 0.05) is 31.2 Å². The van der Waals surface area contributed by atoms with E-state index < -0.39 is 0 Å². The average molecular weight is 368 g/mol. The molecule has 1 spiro atoms. The number of carbonyl (C=O) groups is 1. The van der Waals surface area contributed by atoms with Crippen LogP contribution in [0.4, 0.5) is 5.69 Å². The van der Waals surface area contributed by atoms with E-state index in [0.717, 1.165) is 38.1 Å². The molecule has 4 fully saturated rings. The van der Waals surface area contributed by atoms with E-state index in [1.807, 2.05) is 6.07 Å². The van der Waals surface area contributed by atoms with Gasteiger partial charge in [0.15, 0.2) is 0 Å². The highest BCUT2D eigenvalue weighted by Gasteiger charge is 2.75. The van der Waals surface area contributed by atoms with Crippen LogP contribution in [0.25, 0.3) is 0 Å². The third kappa shape index (κ3) is 1.73. The van der Waals surface area contributed by atoms with E-state index in [9.17, 15) is 4.79 Å². The van der Waals surface area contributed by atoms with Gasteiger partial charge in [-0.15, -0.1) is 0 Å². The van der Waals surface area contributed by atoms with Crippen LogP contribution in [0.2, 0.25) is 0 Å². The molecule has 3 saturated heterocycles. The summed E-state index contributed by atoms with van der Waals surface area (Å²) in [5.41, 5.74) is 3.51. The smallest absolute Gasteiger partial charge is 0.310 e. The molecule has 4 bridgehead atoms. The Morgan fingerprint density at radius 2 is 2.11 bits per heavy atom. The number of allylic oxidation sites excluding steroid dienone is 1. The lowest BCUT2D eigenvalue weighted by molar-refractivity contribution is -0.154. The van der Waals surface area contributed by atoms with E-state index in [2.05, 4.69) is 42.0 Å². The van der Waals surface area contributed by atoms with Crippen LogP contribution in [0.1, 0.15) is 31.7 Å². The quantitative estimate of drug-likeness (QED) is 0.593. The Balaban J connectivity index is 1.84. The minimum absolute atomic E-state index is 0.0590. The van der Waals surface area contributed by atoms with E-state index in [1.54, 1.807) is 7.11 Å². The van der Waals surface area contributed by atoms with Gasteiger partial charge in [-0.1, -0.05) is 11.6 Å². The first-order valence-electron chi connectivity index (χ1n) is 9.95. The number of rotatable bonds is 2. The lowest BCUT2D eigenvalue weighted by Gasteiger charge is -2.54. The fourth-order valence-corrected chi connectivity index (χ4v) is 7.06. The first-order chi connectivity index (χ1) is 13.0. The molecule has 0 aromatic heterocycles. The Labute approximate surface area is 160 Å². The van der Waals surface area contributed by atoms with Gasteiger partial charge in [0.05, 0.1) is 20.1 Å². The number of nitrogens with zero attached hydrogens (tertiary/aromatic N) is 2. The average Bonchev–Trinajstić information content (AvgIpc) is 3.03. The highest BCUT2D eigenvalue weighted by Crippen LogP contribution is 2.69. The minimum Gasteiger partial charge on any atom is -0.497 e. The van der Waals surface area contributed by atoms with E-state index in [0.29, 0.717) is 0 Å². The van der Waals surface area contributed by atoms with Gasteiger partial charge in [0.1, 0.15) is 11.4 Å². The predicted molar refractivity (Wildman–Crippen MR) is 104 cm³/mol. The first-order valence-corrected chi connectivity index (χ1v) is 9.95. The van der Waals surface area contributed by atoms with Crippen LogP contribution in [-0.4, -0.2) is 50.9 Å². The fourth-order valence-electron chi connectivity index (χ4n) is 7.06. The molecule has 27 heavy (non-hydrogen) atoms. The molecule has 5 nitrogen and oxygen atoms in total. The fraction of sp³-hybridized carbons (Fsp3) is 0.591.